The molecule has 1 atom stereocenters. The molecule has 1 unspecified atom stereocenters. The van der Waals surface area contributed by atoms with Gasteiger partial charge in [-0.1, -0.05) is 30.3 Å². The number of nitrogens with zero attached hydrogens (tertiary/aromatic N) is 3. The van der Waals surface area contributed by atoms with Crippen LogP contribution in [0.3, 0.4) is 0 Å². The number of benzene rings is 2. The van der Waals surface area contributed by atoms with E-state index in [1.165, 1.54) is 23.1 Å². The first-order valence-electron chi connectivity index (χ1n) is 8.79. The fourth-order valence-corrected chi connectivity index (χ4v) is 3.32. The Morgan fingerprint density at radius 3 is 2.43 bits per heavy atom. The van der Waals surface area contributed by atoms with Crippen molar-refractivity contribution >= 4 is 29.1 Å². The fourth-order valence-electron chi connectivity index (χ4n) is 3.32. The Labute approximate surface area is 160 Å². The first-order chi connectivity index (χ1) is 13.5. The van der Waals surface area contributed by atoms with Crippen LogP contribution in [0.25, 0.3) is 0 Å². The van der Waals surface area contributed by atoms with Gasteiger partial charge < -0.3 is 10.2 Å². The van der Waals surface area contributed by atoms with E-state index < -0.39 is 36.4 Å². The lowest BCUT2D eigenvalue weighted by Crippen LogP contribution is -2.68. The molecule has 0 aromatic heterocycles. The maximum atomic E-state index is 13.7. The zero-order chi connectivity index (χ0) is 19.7. The average Bonchev–Trinajstić information content (AvgIpc) is 3.12. The van der Waals surface area contributed by atoms with Gasteiger partial charge in [0.15, 0.2) is 6.29 Å². The van der Waals surface area contributed by atoms with Gasteiger partial charge in [0.1, 0.15) is 12.4 Å². The van der Waals surface area contributed by atoms with Gasteiger partial charge in [-0.2, -0.15) is 5.43 Å². The van der Waals surface area contributed by atoms with Crippen LogP contribution < -0.4 is 15.6 Å². The zero-order valence-corrected chi connectivity index (χ0v) is 14.8. The maximum Gasteiger partial charge on any atom is 0.326 e. The molecule has 2 heterocycles. The van der Waals surface area contributed by atoms with Crippen LogP contribution in [-0.2, 0) is 14.4 Å². The van der Waals surface area contributed by atoms with Crippen molar-refractivity contribution in [1.82, 2.24) is 15.3 Å². The van der Waals surface area contributed by atoms with Crippen molar-refractivity contribution in [2.24, 2.45) is 0 Å². The van der Waals surface area contributed by atoms with Crippen molar-refractivity contribution in [3.05, 3.63) is 60.4 Å². The van der Waals surface area contributed by atoms with E-state index in [4.69, 9.17) is 0 Å². The van der Waals surface area contributed by atoms with E-state index in [9.17, 15) is 18.8 Å². The predicted octanol–water partition coefficient (Wildman–Crippen LogP) is 0.743. The first kappa shape index (κ1) is 17.9. The second-order valence-corrected chi connectivity index (χ2v) is 6.45. The topological polar surface area (TPSA) is 85.0 Å². The molecule has 2 aliphatic rings. The van der Waals surface area contributed by atoms with Crippen LogP contribution in [-0.4, -0.2) is 53.6 Å². The lowest BCUT2D eigenvalue weighted by atomic mass is 10.3. The van der Waals surface area contributed by atoms with Gasteiger partial charge in [-0.25, -0.2) is 4.39 Å². The van der Waals surface area contributed by atoms with Crippen LogP contribution in [0.15, 0.2) is 54.6 Å². The maximum absolute atomic E-state index is 13.7. The Balaban J connectivity index is 1.49. The monoisotopic (exact) mass is 383 g/mol. The van der Waals surface area contributed by atoms with Gasteiger partial charge in [-0.15, -0.1) is 0 Å². The fraction of sp³-hybridized carbons (Fsp3) is 0.211. The molecule has 0 spiro atoms. The SMILES string of the molecule is O=C(CN1NC2N(CCN2c2ccccc2)C(=O)C1=O)Nc1ccccc1F. The molecule has 4 rings (SSSR count). The summed E-state index contributed by atoms with van der Waals surface area (Å²) in [6, 6.07) is 15.2. The molecule has 9 heteroatoms. The number of amides is 3. The minimum absolute atomic E-state index is 0.0108. The number of carbonyl (C=O) groups excluding carboxylic acids is 3. The van der Waals surface area contributed by atoms with Crippen molar-refractivity contribution in [2.75, 3.05) is 29.9 Å². The lowest BCUT2D eigenvalue weighted by molar-refractivity contribution is -0.163. The summed E-state index contributed by atoms with van der Waals surface area (Å²) in [4.78, 5) is 40.5. The van der Waals surface area contributed by atoms with Crippen LogP contribution in [0.2, 0.25) is 0 Å². The van der Waals surface area contributed by atoms with Crippen LogP contribution in [0.4, 0.5) is 15.8 Å². The quantitative estimate of drug-likeness (QED) is 0.761. The van der Waals surface area contributed by atoms with Crippen molar-refractivity contribution in [1.29, 1.82) is 0 Å². The number of fused-ring (bicyclic) bond motifs is 1. The summed E-state index contributed by atoms with van der Waals surface area (Å²) in [6.45, 7) is 0.522. The van der Waals surface area contributed by atoms with Crippen molar-refractivity contribution in [3.63, 3.8) is 0 Å². The van der Waals surface area contributed by atoms with E-state index in [1.807, 2.05) is 35.2 Å². The number of hydrogen-bond donors (Lipinski definition) is 2. The minimum Gasteiger partial charge on any atom is -0.336 e. The molecular formula is C19H18FN5O3. The van der Waals surface area contributed by atoms with Crippen molar-refractivity contribution < 1.29 is 18.8 Å². The molecule has 2 saturated heterocycles. The van der Waals surface area contributed by atoms with Crippen LogP contribution in [0.1, 0.15) is 0 Å². The average molecular weight is 383 g/mol. The number of para-hydroxylation sites is 2. The Bertz CT molecular complexity index is 923. The summed E-state index contributed by atoms with van der Waals surface area (Å²) in [6.07, 6.45) is -0.575. The van der Waals surface area contributed by atoms with E-state index >= 15 is 0 Å². The van der Waals surface area contributed by atoms with Gasteiger partial charge in [-0.05, 0) is 24.3 Å². The second-order valence-electron chi connectivity index (χ2n) is 6.45. The molecule has 0 saturated carbocycles. The van der Waals surface area contributed by atoms with Gasteiger partial charge in [0.2, 0.25) is 5.91 Å². The number of hydrazine groups is 1. The van der Waals surface area contributed by atoms with Gasteiger partial charge in [0.05, 0.1) is 5.69 Å². The van der Waals surface area contributed by atoms with E-state index in [0.29, 0.717) is 13.1 Å². The molecule has 0 aliphatic carbocycles. The molecule has 144 valence electrons. The Morgan fingerprint density at radius 2 is 1.68 bits per heavy atom. The van der Waals surface area contributed by atoms with Gasteiger partial charge in [0, 0.05) is 18.8 Å². The highest BCUT2D eigenvalue weighted by Crippen LogP contribution is 2.24. The summed E-state index contributed by atoms with van der Waals surface area (Å²) in [5.74, 6) is -2.70. The number of hydrogen-bond acceptors (Lipinski definition) is 5. The molecule has 3 amide bonds. The Morgan fingerprint density at radius 1 is 1.00 bits per heavy atom. The van der Waals surface area contributed by atoms with E-state index in [1.54, 1.807) is 6.07 Å². The molecule has 2 aliphatic heterocycles. The third-order valence-electron chi connectivity index (χ3n) is 4.67. The number of nitrogens with one attached hydrogen (secondary N) is 2. The second kappa shape index (κ2) is 7.28. The molecule has 28 heavy (non-hydrogen) atoms. The summed E-state index contributed by atoms with van der Waals surface area (Å²) in [5, 5.41) is 3.38. The van der Waals surface area contributed by atoms with Gasteiger partial charge in [0.25, 0.3) is 0 Å². The summed E-state index contributed by atoms with van der Waals surface area (Å²) >= 11 is 0. The predicted molar refractivity (Wildman–Crippen MR) is 99.2 cm³/mol. The number of halogens is 1. The summed E-state index contributed by atoms with van der Waals surface area (Å²) in [7, 11) is 0. The standard InChI is InChI=1S/C19H18FN5O3/c20-14-8-4-5-9-15(14)21-16(26)12-25-18(28)17(27)24-11-10-23(19(24)22-25)13-6-2-1-3-7-13/h1-9,19,22H,10-12H2,(H,21,26). The highest BCUT2D eigenvalue weighted by molar-refractivity contribution is 6.35. The van der Waals surface area contributed by atoms with Gasteiger partial charge in [-0.3, -0.25) is 24.3 Å². The Kier molecular flexibility index (Phi) is 4.66. The molecule has 8 nitrogen and oxygen atoms in total. The minimum atomic E-state index is -0.824. The number of anilines is 2. The van der Waals surface area contributed by atoms with E-state index in [0.717, 1.165) is 10.7 Å². The Hall–Kier alpha value is -3.46. The molecule has 0 radical (unpaired) electrons. The van der Waals surface area contributed by atoms with Gasteiger partial charge >= 0.3 is 11.8 Å². The molecule has 2 fully saturated rings. The van der Waals surface area contributed by atoms with E-state index in [2.05, 4.69) is 10.7 Å². The van der Waals surface area contributed by atoms with Crippen LogP contribution >= 0.6 is 0 Å². The van der Waals surface area contributed by atoms with Crippen LogP contribution in [0.5, 0.6) is 0 Å². The third-order valence-corrected chi connectivity index (χ3v) is 4.67. The first-order valence-corrected chi connectivity index (χ1v) is 8.79. The summed E-state index contributed by atoms with van der Waals surface area (Å²) in [5.41, 5.74) is 3.84. The largest absolute Gasteiger partial charge is 0.336 e. The van der Waals surface area contributed by atoms with Crippen molar-refractivity contribution in [3.8, 4) is 0 Å². The van der Waals surface area contributed by atoms with E-state index in [-0.39, 0.29) is 5.69 Å². The molecule has 2 aromatic carbocycles. The molecule has 0 bridgehead atoms. The molecular weight excluding hydrogens is 365 g/mol. The highest BCUT2D eigenvalue weighted by atomic mass is 19.1. The smallest absolute Gasteiger partial charge is 0.326 e. The molecule has 2 aromatic rings. The highest BCUT2D eigenvalue weighted by Gasteiger charge is 2.45. The normalized spacial score (nSPS) is 19.0. The lowest BCUT2D eigenvalue weighted by Gasteiger charge is -2.40. The third kappa shape index (κ3) is 3.27. The van der Waals surface area contributed by atoms with Crippen molar-refractivity contribution in [2.45, 2.75) is 6.29 Å². The van der Waals surface area contributed by atoms with Crippen LogP contribution in [0, 0.1) is 5.82 Å². The number of carbonyl (C=O) groups is 3. The summed E-state index contributed by atoms with van der Waals surface area (Å²) < 4.78 is 13.7. The number of rotatable bonds is 4. The molecule has 2 N–H and O–H groups in total. The zero-order valence-electron chi connectivity index (χ0n) is 14.8.